The monoisotopic (exact) mass is 790 g/mol. The van der Waals surface area contributed by atoms with Gasteiger partial charge in [0.1, 0.15) is 11.3 Å². The summed E-state index contributed by atoms with van der Waals surface area (Å²) >= 11 is 3.37. The first kappa shape index (κ1) is 34.6. The summed E-state index contributed by atoms with van der Waals surface area (Å²) < 4.78 is 1.77. The van der Waals surface area contributed by atoms with Crippen LogP contribution in [0.1, 0.15) is 30.4 Å². The standard InChI is InChI=1S/C37H39IN6O4S/c38-29-22-24(23-39-18-14-26-11-13-32(45)34-35(26)49-37(48)43-34)10-12-31(29)41-33(46)17-21-44-19-15-27(16-20-44)40-36(47)42-30-9-5-4-8-28(30)25-6-2-1-3-7-25/h1-13,22,27,39,45H,14-21,23H2,(H,41,46)(H,43,48)(H2,40,42,47). The summed E-state index contributed by atoms with van der Waals surface area (Å²) in [5.41, 5.74) is 6.23. The topological polar surface area (TPSA) is 139 Å². The first-order chi connectivity index (χ1) is 23.8. The molecule has 6 N–H and O–H groups in total. The molecule has 0 unspecified atom stereocenters. The van der Waals surface area contributed by atoms with E-state index in [1.165, 1.54) is 0 Å². The highest BCUT2D eigenvalue weighted by Gasteiger charge is 2.22. The fourth-order valence-corrected chi connectivity index (χ4v) is 7.69. The number of aromatic nitrogens is 1. The second-order valence-corrected chi connectivity index (χ2v) is 14.3. The zero-order valence-corrected chi connectivity index (χ0v) is 29.9. The summed E-state index contributed by atoms with van der Waals surface area (Å²) in [4.78, 5) is 42.2. The number of likely N-dealkylation sites (tertiary alicyclic amines) is 1. The highest BCUT2D eigenvalue weighted by Crippen LogP contribution is 2.29. The maximum absolute atomic E-state index is 12.8. The summed E-state index contributed by atoms with van der Waals surface area (Å²) in [6.45, 7) is 3.69. The number of phenolic OH excluding ortho intramolecular Hbond substituents is 1. The zero-order valence-electron chi connectivity index (χ0n) is 26.9. The third-order valence-corrected chi connectivity index (χ3v) is 10.5. The number of hydrogen-bond donors (Lipinski definition) is 6. The maximum atomic E-state index is 12.8. The van der Waals surface area contributed by atoms with Crippen LogP contribution in [0.4, 0.5) is 16.2 Å². The minimum Gasteiger partial charge on any atom is -0.506 e. The third kappa shape index (κ3) is 9.26. The molecular formula is C37H39IN6O4S. The number of thiazole rings is 1. The number of benzene rings is 4. The number of amides is 3. The van der Waals surface area contributed by atoms with Gasteiger partial charge in [-0.3, -0.25) is 9.59 Å². The van der Waals surface area contributed by atoms with Crippen molar-refractivity contribution in [3.05, 3.63) is 109 Å². The van der Waals surface area contributed by atoms with E-state index >= 15 is 0 Å². The lowest BCUT2D eigenvalue weighted by atomic mass is 10.0. The predicted molar refractivity (Wildman–Crippen MR) is 205 cm³/mol. The second-order valence-electron chi connectivity index (χ2n) is 12.1. The summed E-state index contributed by atoms with van der Waals surface area (Å²) in [5, 5.41) is 22.7. The maximum Gasteiger partial charge on any atom is 0.319 e. The number of piperidine rings is 1. The lowest BCUT2D eigenvalue weighted by Gasteiger charge is -2.32. The average Bonchev–Trinajstić information content (AvgIpc) is 3.51. The molecule has 254 valence electrons. The van der Waals surface area contributed by atoms with Crippen molar-refractivity contribution in [2.45, 2.75) is 38.3 Å². The van der Waals surface area contributed by atoms with E-state index in [2.05, 4.69) is 59.8 Å². The van der Waals surface area contributed by atoms with Crippen LogP contribution in [-0.2, 0) is 17.8 Å². The molecule has 0 aliphatic carbocycles. The van der Waals surface area contributed by atoms with E-state index < -0.39 is 0 Å². The highest BCUT2D eigenvalue weighted by molar-refractivity contribution is 14.1. The Morgan fingerprint density at radius 2 is 1.71 bits per heavy atom. The number of rotatable bonds is 12. The second kappa shape index (κ2) is 16.4. The van der Waals surface area contributed by atoms with Gasteiger partial charge in [0.15, 0.2) is 0 Å². The lowest BCUT2D eigenvalue weighted by molar-refractivity contribution is -0.116. The van der Waals surface area contributed by atoms with Gasteiger partial charge in [-0.15, -0.1) is 0 Å². The van der Waals surface area contributed by atoms with Crippen molar-refractivity contribution < 1.29 is 14.7 Å². The number of para-hydroxylation sites is 1. The summed E-state index contributed by atoms with van der Waals surface area (Å²) in [5.74, 6) is 0.0671. The molecular weight excluding hydrogens is 751 g/mol. The Balaban J connectivity index is 0.891. The van der Waals surface area contributed by atoms with Crippen LogP contribution in [0.3, 0.4) is 0 Å². The van der Waals surface area contributed by atoms with Crippen molar-refractivity contribution in [3.8, 4) is 16.9 Å². The van der Waals surface area contributed by atoms with Crippen LogP contribution in [0.2, 0.25) is 0 Å². The average molecular weight is 791 g/mol. The van der Waals surface area contributed by atoms with Crippen molar-refractivity contribution in [2.75, 3.05) is 36.8 Å². The van der Waals surface area contributed by atoms with Gasteiger partial charge in [0.25, 0.3) is 0 Å². The molecule has 0 spiro atoms. The number of halogens is 1. The van der Waals surface area contributed by atoms with Crippen molar-refractivity contribution in [1.82, 2.24) is 20.5 Å². The zero-order chi connectivity index (χ0) is 34.2. The van der Waals surface area contributed by atoms with Gasteiger partial charge in [-0.05, 0) is 89.4 Å². The first-order valence-electron chi connectivity index (χ1n) is 16.4. The van der Waals surface area contributed by atoms with Gasteiger partial charge in [0.2, 0.25) is 5.91 Å². The molecule has 49 heavy (non-hydrogen) atoms. The van der Waals surface area contributed by atoms with Crippen molar-refractivity contribution in [3.63, 3.8) is 0 Å². The Morgan fingerprint density at radius 3 is 2.51 bits per heavy atom. The molecule has 0 radical (unpaired) electrons. The fraction of sp³-hybridized carbons (Fsp3) is 0.270. The van der Waals surface area contributed by atoms with Crippen LogP contribution in [0.5, 0.6) is 5.75 Å². The van der Waals surface area contributed by atoms with Gasteiger partial charge in [-0.1, -0.05) is 72.0 Å². The van der Waals surface area contributed by atoms with Crippen LogP contribution < -0.4 is 26.1 Å². The predicted octanol–water partition coefficient (Wildman–Crippen LogP) is 6.51. The number of carbonyl (C=O) groups excluding carboxylic acids is 2. The summed E-state index contributed by atoms with van der Waals surface area (Å²) in [6.07, 6.45) is 2.78. The first-order valence-corrected chi connectivity index (χ1v) is 18.3. The van der Waals surface area contributed by atoms with Crippen molar-refractivity contribution in [2.24, 2.45) is 0 Å². The molecule has 1 fully saturated rings. The Bertz CT molecular complexity index is 1970. The number of aromatic amines is 1. The van der Waals surface area contributed by atoms with Gasteiger partial charge >= 0.3 is 10.9 Å². The molecule has 6 rings (SSSR count). The highest BCUT2D eigenvalue weighted by atomic mass is 127. The van der Waals surface area contributed by atoms with Crippen LogP contribution >= 0.6 is 33.9 Å². The van der Waals surface area contributed by atoms with Crippen molar-refractivity contribution in [1.29, 1.82) is 0 Å². The van der Waals surface area contributed by atoms with Crippen LogP contribution in [0.25, 0.3) is 21.3 Å². The molecule has 3 amide bonds. The van der Waals surface area contributed by atoms with Gasteiger partial charge in [0, 0.05) is 47.8 Å². The molecule has 12 heteroatoms. The number of nitrogens with zero attached hydrogens (tertiary/aromatic N) is 1. The molecule has 0 saturated carbocycles. The Labute approximate surface area is 302 Å². The molecule has 2 heterocycles. The minimum atomic E-state index is -0.203. The number of aromatic hydroxyl groups is 1. The van der Waals surface area contributed by atoms with Crippen LogP contribution in [0, 0.1) is 3.57 Å². The van der Waals surface area contributed by atoms with Gasteiger partial charge in [-0.2, -0.15) is 0 Å². The number of urea groups is 1. The molecule has 10 nitrogen and oxygen atoms in total. The molecule has 5 aromatic rings. The largest absolute Gasteiger partial charge is 0.506 e. The van der Waals surface area contributed by atoms with Gasteiger partial charge < -0.3 is 36.3 Å². The molecule has 1 aliphatic heterocycles. The Morgan fingerprint density at radius 1 is 0.939 bits per heavy atom. The smallest absolute Gasteiger partial charge is 0.319 e. The fourth-order valence-electron chi connectivity index (χ4n) is 6.07. The number of hydrogen-bond acceptors (Lipinski definition) is 7. The Kier molecular flexibility index (Phi) is 11.6. The van der Waals surface area contributed by atoms with E-state index in [4.69, 9.17) is 0 Å². The molecule has 0 atom stereocenters. The summed E-state index contributed by atoms with van der Waals surface area (Å²) in [6, 6.07) is 27.2. The molecule has 4 aromatic carbocycles. The number of anilines is 2. The van der Waals surface area contributed by atoms with Gasteiger partial charge in [-0.25, -0.2) is 4.79 Å². The molecule has 1 aromatic heterocycles. The number of carbonyl (C=O) groups is 2. The SMILES string of the molecule is O=C(CCN1CCC(NC(=O)Nc2ccccc2-c2ccccc2)CC1)Nc1ccc(CNCCc2ccc(O)c3[nH]c(=O)sc23)cc1I. The van der Waals surface area contributed by atoms with E-state index in [0.717, 1.165) is 85.6 Å². The quantitative estimate of drug-likeness (QED) is 0.0630. The normalized spacial score (nSPS) is 13.7. The number of H-pyrrole nitrogens is 1. The summed E-state index contributed by atoms with van der Waals surface area (Å²) in [7, 11) is 0. The third-order valence-electron chi connectivity index (χ3n) is 8.68. The lowest BCUT2D eigenvalue weighted by Crippen LogP contribution is -2.46. The number of phenols is 1. The number of fused-ring (bicyclic) bond motifs is 1. The van der Waals surface area contributed by atoms with E-state index in [9.17, 15) is 19.5 Å². The van der Waals surface area contributed by atoms with E-state index in [1.54, 1.807) is 6.07 Å². The van der Waals surface area contributed by atoms with E-state index in [0.29, 0.717) is 31.6 Å². The minimum absolute atomic E-state index is 0.0206. The number of nitrogens with one attached hydrogen (secondary N) is 5. The van der Waals surface area contributed by atoms with Crippen molar-refractivity contribution >= 4 is 67.5 Å². The van der Waals surface area contributed by atoms with Crippen LogP contribution in [0.15, 0.2) is 89.7 Å². The Hall–Kier alpha value is -4.24. The van der Waals surface area contributed by atoms with Gasteiger partial charge in [0.05, 0.1) is 16.1 Å². The van der Waals surface area contributed by atoms with E-state index in [1.807, 2.05) is 72.8 Å². The van der Waals surface area contributed by atoms with Crippen LogP contribution in [-0.4, -0.2) is 59.1 Å². The molecule has 1 saturated heterocycles. The molecule has 0 bridgehead atoms. The van der Waals surface area contributed by atoms with E-state index in [-0.39, 0.29) is 28.6 Å². The molecule has 1 aliphatic rings.